The Morgan fingerprint density at radius 2 is 1.97 bits per heavy atom. The number of carbonyl (C=O) groups excluding carboxylic acids is 2. The summed E-state index contributed by atoms with van der Waals surface area (Å²) < 4.78 is 1.88. The van der Waals surface area contributed by atoms with E-state index in [0.717, 1.165) is 16.1 Å². The minimum atomic E-state index is -0.146. The first-order valence-corrected chi connectivity index (χ1v) is 12.4. The van der Waals surface area contributed by atoms with Gasteiger partial charge in [0, 0.05) is 39.2 Å². The first-order chi connectivity index (χ1) is 16.0. The van der Waals surface area contributed by atoms with Crippen molar-refractivity contribution in [3.63, 3.8) is 0 Å². The Hall–Kier alpha value is -3.07. The van der Waals surface area contributed by atoms with Gasteiger partial charge in [-0.2, -0.15) is 0 Å². The van der Waals surface area contributed by atoms with Gasteiger partial charge in [0.25, 0.3) is 5.91 Å². The molecule has 0 radical (unpaired) electrons. The van der Waals surface area contributed by atoms with Crippen LogP contribution < -0.4 is 10.6 Å². The van der Waals surface area contributed by atoms with E-state index in [9.17, 15) is 9.59 Å². The number of amides is 2. The van der Waals surface area contributed by atoms with E-state index in [2.05, 4.69) is 15.6 Å². The average molecular weight is 497 g/mol. The van der Waals surface area contributed by atoms with Crippen molar-refractivity contribution in [2.75, 3.05) is 11.1 Å². The maximum absolute atomic E-state index is 12.4. The van der Waals surface area contributed by atoms with E-state index in [1.807, 2.05) is 59.5 Å². The highest BCUT2D eigenvalue weighted by Gasteiger charge is 2.11. The average Bonchev–Trinajstić information content (AvgIpc) is 3.51. The minimum absolute atomic E-state index is 0.122. The van der Waals surface area contributed by atoms with Crippen molar-refractivity contribution in [1.82, 2.24) is 14.9 Å². The van der Waals surface area contributed by atoms with E-state index in [-0.39, 0.29) is 17.6 Å². The van der Waals surface area contributed by atoms with Crippen molar-refractivity contribution in [1.29, 1.82) is 0 Å². The summed E-state index contributed by atoms with van der Waals surface area (Å²) >= 11 is 9.06. The monoisotopic (exact) mass is 496 g/mol. The molecule has 0 atom stereocenters. The number of nitrogens with one attached hydrogen (secondary N) is 2. The zero-order valence-corrected chi connectivity index (χ0v) is 20.1. The lowest BCUT2D eigenvalue weighted by molar-refractivity contribution is -0.113. The van der Waals surface area contributed by atoms with E-state index < -0.39 is 0 Å². The fourth-order valence-electron chi connectivity index (χ4n) is 3.05. The Balaban J connectivity index is 1.35. The van der Waals surface area contributed by atoms with Gasteiger partial charge in [0.2, 0.25) is 5.91 Å². The van der Waals surface area contributed by atoms with E-state index in [4.69, 9.17) is 11.6 Å². The van der Waals surface area contributed by atoms with Crippen LogP contribution in [0.1, 0.15) is 20.8 Å². The quantitative estimate of drug-likeness (QED) is 0.313. The molecule has 0 saturated heterocycles. The Bertz CT molecular complexity index is 1250. The number of nitrogens with zero attached hydrogens (tertiary/aromatic N) is 2. The third-order valence-corrected chi connectivity index (χ3v) is 7.06. The molecule has 4 aromatic rings. The molecule has 0 bridgehead atoms. The fourth-order valence-corrected chi connectivity index (χ4v) is 4.65. The van der Waals surface area contributed by atoms with Gasteiger partial charge in [-0.15, -0.1) is 11.3 Å². The van der Waals surface area contributed by atoms with E-state index in [1.54, 1.807) is 35.7 Å². The van der Waals surface area contributed by atoms with Crippen LogP contribution in [0.4, 0.5) is 5.69 Å². The Kier molecular flexibility index (Phi) is 7.49. The van der Waals surface area contributed by atoms with Gasteiger partial charge in [-0.25, -0.2) is 4.98 Å². The minimum Gasteiger partial charge on any atom is -0.347 e. The molecule has 0 aliphatic rings. The van der Waals surface area contributed by atoms with Gasteiger partial charge in [-0.1, -0.05) is 35.5 Å². The van der Waals surface area contributed by atoms with Gasteiger partial charge in [0.15, 0.2) is 5.16 Å². The molecule has 2 aromatic carbocycles. The van der Waals surface area contributed by atoms with Crippen LogP contribution in [0.25, 0.3) is 5.69 Å². The highest BCUT2D eigenvalue weighted by Crippen LogP contribution is 2.23. The number of thioether (sulfide) groups is 1. The first kappa shape index (κ1) is 23.1. The van der Waals surface area contributed by atoms with E-state index >= 15 is 0 Å². The van der Waals surface area contributed by atoms with Crippen molar-refractivity contribution in [2.24, 2.45) is 0 Å². The predicted octanol–water partition coefficient (Wildman–Crippen LogP) is 5.56. The number of rotatable bonds is 8. The molecule has 0 saturated carbocycles. The predicted molar refractivity (Wildman–Crippen MR) is 135 cm³/mol. The van der Waals surface area contributed by atoms with Crippen molar-refractivity contribution in [3.8, 4) is 5.69 Å². The highest BCUT2D eigenvalue weighted by molar-refractivity contribution is 7.99. The van der Waals surface area contributed by atoms with Crippen molar-refractivity contribution >= 4 is 52.2 Å². The number of hydrogen-bond donors (Lipinski definition) is 2. The van der Waals surface area contributed by atoms with Crippen molar-refractivity contribution < 1.29 is 9.59 Å². The van der Waals surface area contributed by atoms with Crippen LogP contribution in [-0.2, 0) is 11.3 Å². The van der Waals surface area contributed by atoms with Crippen LogP contribution in [0.15, 0.2) is 77.5 Å². The van der Waals surface area contributed by atoms with Crippen molar-refractivity contribution in [3.05, 3.63) is 93.4 Å². The van der Waals surface area contributed by atoms with Crippen LogP contribution in [0, 0.1) is 6.92 Å². The lowest BCUT2D eigenvalue weighted by Crippen LogP contribution is -2.22. The molecule has 2 heterocycles. The fraction of sp³-hybridized carbons (Fsp3) is 0.125. The van der Waals surface area contributed by atoms with E-state index in [1.165, 1.54) is 11.8 Å². The Morgan fingerprint density at radius 3 is 2.70 bits per heavy atom. The molecule has 4 rings (SSSR count). The summed E-state index contributed by atoms with van der Waals surface area (Å²) in [6.07, 6.45) is 3.51. The third kappa shape index (κ3) is 6.04. The molecule has 9 heteroatoms. The smallest absolute Gasteiger partial charge is 0.251 e. The number of halogens is 1. The van der Waals surface area contributed by atoms with Gasteiger partial charge < -0.3 is 10.6 Å². The number of anilines is 1. The molecule has 0 fully saturated rings. The normalized spacial score (nSPS) is 10.7. The summed E-state index contributed by atoms with van der Waals surface area (Å²) in [7, 11) is 0. The highest BCUT2D eigenvalue weighted by atomic mass is 35.5. The Morgan fingerprint density at radius 1 is 1.15 bits per heavy atom. The van der Waals surface area contributed by atoms with Gasteiger partial charge >= 0.3 is 0 Å². The second kappa shape index (κ2) is 10.7. The maximum Gasteiger partial charge on any atom is 0.251 e. The van der Waals surface area contributed by atoms with Gasteiger partial charge in [-0.05, 0) is 60.3 Å². The van der Waals surface area contributed by atoms with Gasteiger partial charge in [0.1, 0.15) is 0 Å². The summed E-state index contributed by atoms with van der Waals surface area (Å²) in [5, 5.41) is 9.05. The zero-order valence-electron chi connectivity index (χ0n) is 17.7. The first-order valence-electron chi connectivity index (χ1n) is 10.1. The van der Waals surface area contributed by atoms with Crippen LogP contribution in [0.3, 0.4) is 0 Å². The third-order valence-electron chi connectivity index (χ3n) is 4.81. The molecular formula is C24H21ClN4O2S2. The number of aromatic nitrogens is 2. The summed E-state index contributed by atoms with van der Waals surface area (Å²) in [6.45, 7) is 2.42. The van der Waals surface area contributed by atoms with Gasteiger partial charge in [0.05, 0.1) is 12.3 Å². The van der Waals surface area contributed by atoms with E-state index in [0.29, 0.717) is 28.0 Å². The van der Waals surface area contributed by atoms with Crippen LogP contribution in [-0.4, -0.2) is 27.1 Å². The molecule has 0 aliphatic heterocycles. The number of benzene rings is 2. The number of thiophene rings is 1. The number of imidazole rings is 1. The molecule has 2 N–H and O–H groups in total. The van der Waals surface area contributed by atoms with Crippen LogP contribution in [0.5, 0.6) is 0 Å². The van der Waals surface area contributed by atoms with Crippen LogP contribution >= 0.6 is 34.7 Å². The molecule has 0 aliphatic carbocycles. The number of aryl methyl sites for hydroxylation is 1. The maximum atomic E-state index is 12.4. The molecule has 0 spiro atoms. The summed E-state index contributed by atoms with van der Waals surface area (Å²) in [6, 6.07) is 16.7. The molecule has 33 heavy (non-hydrogen) atoms. The van der Waals surface area contributed by atoms with Crippen LogP contribution in [0.2, 0.25) is 5.02 Å². The lowest BCUT2D eigenvalue weighted by Gasteiger charge is -2.10. The molecular weight excluding hydrogens is 476 g/mol. The molecule has 168 valence electrons. The van der Waals surface area contributed by atoms with Crippen molar-refractivity contribution in [2.45, 2.75) is 18.6 Å². The second-order valence-electron chi connectivity index (χ2n) is 7.19. The topological polar surface area (TPSA) is 76.0 Å². The standard InChI is InChI=1S/C24H21ClN4O2S2/c1-16-4-7-18(13-21(16)25)28-22(30)15-33-24-26-10-11-29(24)19-8-5-17(6-9-19)23(31)27-14-20-3-2-12-32-20/h2-13H,14-15H2,1H3,(H,27,31)(H,28,30). The summed E-state index contributed by atoms with van der Waals surface area (Å²) in [4.78, 5) is 30.2. The Labute approximate surface area is 205 Å². The zero-order chi connectivity index (χ0) is 23.2. The molecule has 6 nitrogen and oxygen atoms in total. The molecule has 2 aromatic heterocycles. The SMILES string of the molecule is Cc1ccc(NC(=O)CSc2nccn2-c2ccc(C(=O)NCc3cccs3)cc2)cc1Cl. The lowest BCUT2D eigenvalue weighted by atomic mass is 10.2. The molecule has 0 unspecified atom stereocenters. The largest absolute Gasteiger partial charge is 0.347 e. The van der Waals surface area contributed by atoms with Gasteiger partial charge in [-0.3, -0.25) is 14.2 Å². The number of hydrogen-bond acceptors (Lipinski definition) is 5. The summed E-state index contributed by atoms with van der Waals surface area (Å²) in [5.74, 6) is -0.0681. The number of carbonyl (C=O) groups is 2. The second-order valence-corrected chi connectivity index (χ2v) is 9.57. The summed E-state index contributed by atoms with van der Waals surface area (Å²) in [5.41, 5.74) is 3.06. The molecule has 2 amide bonds.